The number of amides is 2. The van der Waals surface area contributed by atoms with Crippen LogP contribution in [-0.2, 0) is 4.74 Å². The maximum atomic E-state index is 11.7. The highest BCUT2D eigenvalue weighted by Crippen LogP contribution is 2.14. The molecule has 0 saturated carbocycles. The Kier molecular flexibility index (Phi) is 13.3. The van der Waals surface area contributed by atoms with Gasteiger partial charge in [-0.05, 0) is 58.4 Å². The summed E-state index contributed by atoms with van der Waals surface area (Å²) < 4.78 is 5.22. The van der Waals surface area contributed by atoms with Crippen LogP contribution in [0.1, 0.15) is 25.7 Å². The topological polar surface area (TPSA) is 161 Å². The van der Waals surface area contributed by atoms with Crippen molar-refractivity contribution < 1.29 is 24.9 Å². The summed E-state index contributed by atoms with van der Waals surface area (Å²) in [6, 6.07) is -0.352. The van der Waals surface area contributed by atoms with Crippen LogP contribution in [0.4, 0.5) is 4.79 Å². The van der Waals surface area contributed by atoms with Crippen LogP contribution < -0.4 is 27.0 Å². The van der Waals surface area contributed by atoms with Gasteiger partial charge in [0.1, 0.15) is 24.4 Å². The predicted octanol–water partition coefficient (Wildman–Crippen LogP) is -2.53. The Balaban J connectivity index is 1.90. The van der Waals surface area contributed by atoms with Crippen molar-refractivity contribution in [3.05, 3.63) is 0 Å². The predicted molar refractivity (Wildman–Crippen MR) is 102 cm³/mol. The molecule has 0 aromatic rings. The lowest BCUT2D eigenvalue weighted by Crippen LogP contribution is -2.56. The van der Waals surface area contributed by atoms with Crippen molar-refractivity contribution in [1.29, 1.82) is 0 Å². The van der Waals surface area contributed by atoms with Crippen LogP contribution in [0.15, 0.2) is 0 Å². The molecule has 1 heterocycles. The van der Waals surface area contributed by atoms with Gasteiger partial charge >= 0.3 is 6.03 Å². The first-order chi connectivity index (χ1) is 13.1. The molecule has 1 aliphatic rings. The van der Waals surface area contributed by atoms with Crippen molar-refractivity contribution >= 4 is 6.03 Å². The second-order valence-corrected chi connectivity index (χ2v) is 6.76. The van der Waals surface area contributed by atoms with E-state index in [0.29, 0.717) is 6.54 Å². The van der Waals surface area contributed by atoms with E-state index in [1.807, 2.05) is 0 Å². The second kappa shape index (κ2) is 15.0. The third-order valence-electron chi connectivity index (χ3n) is 4.40. The molecule has 0 bridgehead atoms. The smallest absolute Gasteiger partial charge is 0.314 e. The van der Waals surface area contributed by atoms with E-state index in [4.69, 9.17) is 10.5 Å². The number of urea groups is 1. The SMILES string of the molecule is NCCCNCCCCNCCCNC(=O)NCC1OCC(O)C(O)C1O. The summed E-state index contributed by atoms with van der Waals surface area (Å²) in [4.78, 5) is 11.7. The van der Waals surface area contributed by atoms with Gasteiger partial charge in [-0.25, -0.2) is 4.79 Å². The summed E-state index contributed by atoms with van der Waals surface area (Å²) >= 11 is 0. The highest BCUT2D eigenvalue weighted by atomic mass is 16.5. The minimum atomic E-state index is -1.26. The standard InChI is InChI=1S/C17H37N5O5/c18-5-3-8-19-6-1-2-7-20-9-4-10-21-17(26)22-11-14-16(25)15(24)13(23)12-27-14/h13-16,19-20,23-25H,1-12,18H2,(H2,21,22,26). The normalized spacial score (nSPS) is 25.3. The molecular weight excluding hydrogens is 354 g/mol. The average molecular weight is 392 g/mol. The van der Waals surface area contributed by atoms with Gasteiger partial charge in [-0.1, -0.05) is 0 Å². The number of hydrogen-bond donors (Lipinski definition) is 8. The van der Waals surface area contributed by atoms with Crippen LogP contribution in [0, 0.1) is 0 Å². The van der Waals surface area contributed by atoms with E-state index in [-0.39, 0.29) is 19.2 Å². The van der Waals surface area contributed by atoms with Crippen LogP contribution in [0.3, 0.4) is 0 Å². The van der Waals surface area contributed by atoms with Crippen molar-refractivity contribution in [2.24, 2.45) is 5.73 Å². The van der Waals surface area contributed by atoms with Gasteiger partial charge < -0.3 is 47.1 Å². The Hall–Kier alpha value is -1.01. The Morgan fingerprint density at radius 1 is 0.889 bits per heavy atom. The molecule has 1 saturated heterocycles. The fraction of sp³-hybridized carbons (Fsp3) is 0.941. The summed E-state index contributed by atoms with van der Waals surface area (Å²) in [6.45, 7) is 5.03. The molecule has 1 fully saturated rings. The number of carbonyl (C=O) groups is 1. The van der Waals surface area contributed by atoms with Crippen molar-refractivity contribution in [3.63, 3.8) is 0 Å². The van der Waals surface area contributed by atoms with E-state index in [2.05, 4.69) is 21.3 Å². The molecule has 27 heavy (non-hydrogen) atoms. The first-order valence-electron chi connectivity index (χ1n) is 9.85. The van der Waals surface area contributed by atoms with E-state index in [1.54, 1.807) is 0 Å². The van der Waals surface area contributed by atoms with Crippen molar-refractivity contribution in [2.75, 3.05) is 52.4 Å². The van der Waals surface area contributed by atoms with Gasteiger partial charge in [0.25, 0.3) is 0 Å². The molecule has 0 aromatic heterocycles. The number of unbranched alkanes of at least 4 members (excludes halogenated alkanes) is 1. The van der Waals surface area contributed by atoms with Gasteiger partial charge in [0.2, 0.25) is 0 Å². The second-order valence-electron chi connectivity index (χ2n) is 6.76. The highest BCUT2D eigenvalue weighted by molar-refractivity contribution is 5.73. The summed E-state index contributed by atoms with van der Waals surface area (Å²) in [5, 5.41) is 40.7. The molecule has 1 rings (SSSR count). The number of aliphatic hydroxyl groups is 3. The van der Waals surface area contributed by atoms with Crippen LogP contribution in [0.5, 0.6) is 0 Å². The van der Waals surface area contributed by atoms with E-state index in [1.165, 1.54) is 0 Å². The quantitative estimate of drug-likeness (QED) is 0.150. The first-order valence-corrected chi connectivity index (χ1v) is 9.85. The summed E-state index contributed by atoms with van der Waals surface area (Å²) in [7, 11) is 0. The fourth-order valence-corrected chi connectivity index (χ4v) is 2.69. The van der Waals surface area contributed by atoms with E-state index < -0.39 is 24.4 Å². The minimum absolute atomic E-state index is 0.0638. The number of hydrogen-bond acceptors (Lipinski definition) is 8. The Bertz CT molecular complexity index is 391. The van der Waals surface area contributed by atoms with Crippen LogP contribution >= 0.6 is 0 Å². The molecule has 2 amide bonds. The molecule has 160 valence electrons. The number of carbonyl (C=O) groups excluding carboxylic acids is 1. The largest absolute Gasteiger partial charge is 0.388 e. The van der Waals surface area contributed by atoms with Gasteiger partial charge in [-0.15, -0.1) is 0 Å². The summed E-state index contributed by atoms with van der Waals surface area (Å²) in [5.74, 6) is 0. The molecule has 0 aromatic carbocycles. The van der Waals surface area contributed by atoms with Gasteiger partial charge in [-0.3, -0.25) is 0 Å². The van der Waals surface area contributed by atoms with Crippen molar-refractivity contribution in [2.45, 2.75) is 50.1 Å². The third-order valence-corrected chi connectivity index (χ3v) is 4.40. The number of rotatable bonds is 14. The molecule has 10 nitrogen and oxygen atoms in total. The Labute approximate surface area is 161 Å². The number of ether oxygens (including phenoxy) is 1. The Morgan fingerprint density at radius 2 is 1.52 bits per heavy atom. The van der Waals surface area contributed by atoms with E-state index in [0.717, 1.165) is 58.4 Å². The molecule has 9 N–H and O–H groups in total. The molecule has 10 heteroatoms. The van der Waals surface area contributed by atoms with E-state index >= 15 is 0 Å². The first kappa shape index (κ1) is 24.0. The molecule has 0 aliphatic carbocycles. The zero-order valence-corrected chi connectivity index (χ0v) is 16.0. The van der Waals surface area contributed by atoms with Gasteiger partial charge in [0.05, 0.1) is 6.61 Å². The van der Waals surface area contributed by atoms with Crippen LogP contribution in [0.25, 0.3) is 0 Å². The maximum absolute atomic E-state index is 11.7. The van der Waals surface area contributed by atoms with Gasteiger partial charge in [0, 0.05) is 13.1 Å². The van der Waals surface area contributed by atoms with Crippen molar-refractivity contribution in [1.82, 2.24) is 21.3 Å². The lowest BCUT2D eigenvalue weighted by atomic mass is 10.0. The summed E-state index contributed by atoms with van der Waals surface area (Å²) in [5.41, 5.74) is 5.42. The zero-order valence-electron chi connectivity index (χ0n) is 16.0. The monoisotopic (exact) mass is 391 g/mol. The van der Waals surface area contributed by atoms with Crippen molar-refractivity contribution in [3.8, 4) is 0 Å². The maximum Gasteiger partial charge on any atom is 0.314 e. The molecule has 1 aliphatic heterocycles. The molecule has 4 unspecified atom stereocenters. The minimum Gasteiger partial charge on any atom is -0.388 e. The summed E-state index contributed by atoms with van der Waals surface area (Å²) in [6.07, 6.45) is -0.276. The molecule has 0 radical (unpaired) electrons. The van der Waals surface area contributed by atoms with Crippen LogP contribution in [0.2, 0.25) is 0 Å². The average Bonchev–Trinajstić information content (AvgIpc) is 2.66. The number of nitrogens with one attached hydrogen (secondary N) is 4. The van der Waals surface area contributed by atoms with Gasteiger partial charge in [0.15, 0.2) is 0 Å². The lowest BCUT2D eigenvalue weighted by Gasteiger charge is -2.35. The highest BCUT2D eigenvalue weighted by Gasteiger charge is 2.37. The van der Waals surface area contributed by atoms with E-state index in [9.17, 15) is 20.1 Å². The molecular formula is C17H37N5O5. The fourth-order valence-electron chi connectivity index (χ4n) is 2.69. The third kappa shape index (κ3) is 10.8. The molecule has 0 spiro atoms. The molecule has 4 atom stereocenters. The van der Waals surface area contributed by atoms with Gasteiger partial charge in [-0.2, -0.15) is 0 Å². The Morgan fingerprint density at radius 3 is 2.19 bits per heavy atom. The zero-order chi connectivity index (χ0) is 19.9. The number of nitrogens with two attached hydrogens (primary N) is 1. The van der Waals surface area contributed by atoms with Crippen LogP contribution in [-0.4, -0.2) is 98.2 Å². The number of aliphatic hydroxyl groups excluding tert-OH is 3. The lowest BCUT2D eigenvalue weighted by molar-refractivity contribution is -0.184.